The first kappa shape index (κ1) is 38.8. The molecule has 0 bridgehead atoms. The van der Waals surface area contributed by atoms with Crippen LogP contribution in [-0.4, -0.2) is 52.2 Å². The molecule has 4 heteroatoms. The van der Waals surface area contributed by atoms with Crippen molar-refractivity contribution >= 4 is 62.1 Å². The van der Waals surface area contributed by atoms with Crippen LogP contribution in [0, 0.1) is 0 Å². The van der Waals surface area contributed by atoms with Gasteiger partial charge in [-0.25, -0.2) is 0 Å². The summed E-state index contributed by atoms with van der Waals surface area (Å²) >= 11 is 0. The van der Waals surface area contributed by atoms with Crippen LogP contribution in [0.15, 0.2) is 0 Å². The van der Waals surface area contributed by atoms with Crippen molar-refractivity contribution in [3.8, 4) is 0 Å². The summed E-state index contributed by atoms with van der Waals surface area (Å²) in [6.45, 7) is 0. The summed E-state index contributed by atoms with van der Waals surface area (Å²) in [5, 5.41) is 0. The minimum atomic E-state index is 0. The average Bonchev–Trinajstić information content (AvgIpc) is 0. The third-order valence-corrected chi connectivity index (χ3v) is 0. The first-order valence-electron chi connectivity index (χ1n) is 0. The van der Waals surface area contributed by atoms with Crippen molar-refractivity contribution < 1.29 is 0 Å². The number of hydrogen-bond acceptors (Lipinski definition) is 0. The van der Waals surface area contributed by atoms with Crippen LogP contribution in [0.5, 0.6) is 0 Å². The third-order valence-electron chi connectivity index (χ3n) is 0. The van der Waals surface area contributed by atoms with Crippen LogP contribution in [0.3, 0.4) is 0 Å². The van der Waals surface area contributed by atoms with Gasteiger partial charge in [0.05, 0.1) is 8.41 Å². The molecule has 0 aromatic rings. The van der Waals surface area contributed by atoms with Crippen molar-refractivity contribution in [1.82, 2.24) is 0 Å². The zero-order chi connectivity index (χ0) is 0. The van der Waals surface area contributed by atoms with Crippen molar-refractivity contribution in [1.29, 1.82) is 0 Å². The van der Waals surface area contributed by atoms with Crippen LogP contribution >= 0.6 is 9.90 Å². The van der Waals surface area contributed by atoms with Gasteiger partial charge in [-0.1, -0.05) is 0 Å². The second kappa shape index (κ2) is 20.5. The molecule has 0 aliphatic rings. The molecule has 0 nitrogen and oxygen atoms in total. The first-order valence-corrected chi connectivity index (χ1v) is 0. The maximum absolute atomic E-state index is 0. The molecule has 0 aliphatic heterocycles. The van der Waals surface area contributed by atoms with E-state index in [-0.39, 0.29) is 62.1 Å². The van der Waals surface area contributed by atoms with Gasteiger partial charge >= 0.3 is 43.8 Å². The number of hydrogen-bond donors (Lipinski definition) is 0. The van der Waals surface area contributed by atoms with Gasteiger partial charge in [-0.3, -0.25) is 0 Å². The fourth-order valence-electron chi connectivity index (χ4n) is 0. The van der Waals surface area contributed by atoms with Crippen molar-refractivity contribution in [2.45, 2.75) is 0 Å². The van der Waals surface area contributed by atoms with E-state index in [9.17, 15) is 0 Å². The van der Waals surface area contributed by atoms with Gasteiger partial charge in [0.1, 0.15) is 0 Å². The summed E-state index contributed by atoms with van der Waals surface area (Å²) in [5.74, 6) is 0. The molecular weight excluding hydrogens is 232 g/mol. The molecule has 28 valence electrons. The predicted molar refractivity (Wildman–Crippen MR) is 40.9 cm³/mol. The molecule has 0 aromatic heterocycles. The molecule has 2 unspecified atom stereocenters. The van der Waals surface area contributed by atoms with Gasteiger partial charge in [-0.15, -0.1) is 0 Å². The van der Waals surface area contributed by atoms with Crippen LogP contribution in [0.25, 0.3) is 0 Å². The Morgan fingerprint density at radius 2 is 1.00 bits per heavy atom. The van der Waals surface area contributed by atoms with Crippen LogP contribution in [-0.2, 0) is 0 Å². The van der Waals surface area contributed by atoms with Gasteiger partial charge in [-0.05, 0) is 0 Å². The van der Waals surface area contributed by atoms with E-state index >= 15 is 0 Å². The van der Waals surface area contributed by atoms with Gasteiger partial charge in [0.2, 0.25) is 0 Å². The summed E-state index contributed by atoms with van der Waals surface area (Å²) in [7, 11) is 0. The Kier molecular flexibility index (Phi) is 199. The van der Waals surface area contributed by atoms with Crippen molar-refractivity contribution in [2.24, 2.45) is 0 Å². The summed E-state index contributed by atoms with van der Waals surface area (Å²) in [4.78, 5) is 0. The molecule has 0 saturated carbocycles. The molecule has 0 heterocycles. The predicted octanol–water partition coefficient (Wildman–Crippen LogP) is -3.49. The standard InChI is InChI=1S/AsH3.BH3.In.H3P.3H/h2*1H3;;1H3;;;. The summed E-state index contributed by atoms with van der Waals surface area (Å²) < 4.78 is 0. The maximum atomic E-state index is 0. The zero-order valence-corrected chi connectivity index (χ0v) is 5.80. The van der Waals surface area contributed by atoms with E-state index in [0.29, 0.717) is 0 Å². The molecular formula is H12AsBInP. The normalized spacial score (nSPS) is 0. The van der Waals surface area contributed by atoms with E-state index in [1.165, 1.54) is 0 Å². The molecule has 0 radical (unpaired) electrons. The quantitative estimate of drug-likeness (QED) is 0.306. The van der Waals surface area contributed by atoms with Crippen LogP contribution < -0.4 is 0 Å². The van der Waals surface area contributed by atoms with Crippen molar-refractivity contribution in [3.63, 3.8) is 0 Å². The Morgan fingerprint density at radius 1 is 1.00 bits per heavy atom. The van der Waals surface area contributed by atoms with Crippen molar-refractivity contribution in [3.05, 3.63) is 0 Å². The Bertz CT molecular complexity index is 8.00. The molecule has 0 fully saturated rings. The molecule has 0 spiro atoms. The fraction of sp³-hybridized carbons (Fsp3) is 0. The van der Waals surface area contributed by atoms with Crippen molar-refractivity contribution in [2.75, 3.05) is 0 Å². The summed E-state index contributed by atoms with van der Waals surface area (Å²) in [6.07, 6.45) is 0. The minimum absolute atomic E-state index is 0. The fourth-order valence-corrected chi connectivity index (χ4v) is 0. The van der Waals surface area contributed by atoms with E-state index in [4.69, 9.17) is 0 Å². The van der Waals surface area contributed by atoms with E-state index in [2.05, 4.69) is 0 Å². The molecule has 0 N–H and O–H groups in total. The molecule has 4 heavy (non-hydrogen) atoms. The third kappa shape index (κ3) is 9.06. The Morgan fingerprint density at radius 3 is 1.00 bits per heavy atom. The Hall–Kier alpha value is 1.92. The molecule has 0 rings (SSSR count). The van der Waals surface area contributed by atoms with Crippen LogP contribution in [0.1, 0.15) is 0 Å². The number of rotatable bonds is 0. The van der Waals surface area contributed by atoms with E-state index in [1.807, 2.05) is 0 Å². The van der Waals surface area contributed by atoms with Crippen LogP contribution in [0.4, 0.5) is 0 Å². The second-order valence-electron chi connectivity index (χ2n) is 0. The van der Waals surface area contributed by atoms with E-state index in [0.717, 1.165) is 0 Å². The topological polar surface area (TPSA) is 0 Å². The van der Waals surface area contributed by atoms with Gasteiger partial charge in [-0.2, -0.15) is 9.90 Å². The van der Waals surface area contributed by atoms with Gasteiger partial charge in [0.15, 0.2) is 0 Å². The Balaban J connectivity index is 0. The molecule has 0 saturated heterocycles. The monoisotopic (exact) mass is 244 g/mol. The molecule has 2 atom stereocenters. The first-order chi connectivity index (χ1) is 0. The van der Waals surface area contributed by atoms with E-state index in [1.54, 1.807) is 0 Å². The Labute approximate surface area is 61.8 Å². The summed E-state index contributed by atoms with van der Waals surface area (Å²) in [6, 6.07) is 0. The molecule has 0 amide bonds. The average molecular weight is 244 g/mol. The SMILES string of the molecule is B.P.[AsH3].[InH3]. The molecule has 0 aromatic carbocycles. The van der Waals surface area contributed by atoms with Gasteiger partial charge in [0, 0.05) is 0 Å². The summed E-state index contributed by atoms with van der Waals surface area (Å²) in [5.41, 5.74) is 0. The van der Waals surface area contributed by atoms with Gasteiger partial charge < -0.3 is 0 Å². The van der Waals surface area contributed by atoms with Crippen LogP contribution in [0.2, 0.25) is 0 Å². The van der Waals surface area contributed by atoms with E-state index < -0.39 is 0 Å². The molecule has 0 aliphatic carbocycles. The second-order valence-corrected chi connectivity index (χ2v) is 0. The zero-order valence-electron chi connectivity index (χ0n) is 1.41. The van der Waals surface area contributed by atoms with Gasteiger partial charge in [0.25, 0.3) is 0 Å².